The number of amides is 1. The second kappa shape index (κ2) is 10.6. The molecule has 9 heteroatoms. The summed E-state index contributed by atoms with van der Waals surface area (Å²) in [5.74, 6) is 0.713. The highest BCUT2D eigenvalue weighted by Gasteiger charge is 2.31. The van der Waals surface area contributed by atoms with E-state index in [1.54, 1.807) is 17.7 Å². The maximum absolute atomic E-state index is 13.0. The maximum Gasteiger partial charge on any atom is 0.222 e. The van der Waals surface area contributed by atoms with Crippen LogP contribution in [-0.4, -0.2) is 82.5 Å². The molecule has 1 N–H and O–H groups in total. The van der Waals surface area contributed by atoms with E-state index in [9.17, 15) is 4.79 Å². The lowest BCUT2D eigenvalue weighted by molar-refractivity contribution is -0.121. The van der Waals surface area contributed by atoms with Gasteiger partial charge in [-0.2, -0.15) is 0 Å². The number of rotatable bonds is 7. The first-order valence-electron chi connectivity index (χ1n) is 12.7. The monoisotopic (exact) mass is 505 g/mol. The molecule has 4 heterocycles. The minimum atomic E-state index is -0.402. The van der Waals surface area contributed by atoms with E-state index in [0.717, 1.165) is 61.0 Å². The van der Waals surface area contributed by atoms with Crippen molar-refractivity contribution in [3.05, 3.63) is 63.5 Å². The van der Waals surface area contributed by atoms with Crippen molar-refractivity contribution >= 4 is 23.0 Å². The van der Waals surface area contributed by atoms with Crippen LogP contribution in [0.2, 0.25) is 0 Å². The molecule has 190 valence electrons. The van der Waals surface area contributed by atoms with E-state index in [-0.39, 0.29) is 12.3 Å². The Morgan fingerprint density at radius 3 is 2.61 bits per heavy atom. The number of benzene rings is 1. The normalized spacial score (nSPS) is 18.3. The van der Waals surface area contributed by atoms with Crippen molar-refractivity contribution in [3.63, 3.8) is 0 Å². The van der Waals surface area contributed by atoms with Crippen LogP contribution in [0.4, 0.5) is 0 Å². The lowest BCUT2D eigenvalue weighted by Gasteiger charge is -2.32. The number of carbonyl (C=O) groups is 1. The molecular weight excluding hydrogens is 470 g/mol. The van der Waals surface area contributed by atoms with E-state index in [1.165, 1.54) is 16.0 Å². The number of likely N-dealkylation sites (N-methyl/N-ethyl adjacent to an activating group) is 1. The summed E-state index contributed by atoms with van der Waals surface area (Å²) in [4.78, 5) is 24.3. The molecule has 0 saturated carbocycles. The molecule has 2 aromatic heterocycles. The SMILES string of the molecule is Cc1ccc(C2=N[C@@H](CC(=O)NCCCN3CCN(C)CC3)c3nncn3-c3sc(C)c(C)c32)cc1. The van der Waals surface area contributed by atoms with Gasteiger partial charge in [0.05, 0.1) is 12.1 Å². The first kappa shape index (κ1) is 24.8. The number of hydrogen-bond donors (Lipinski definition) is 1. The molecule has 1 fully saturated rings. The summed E-state index contributed by atoms with van der Waals surface area (Å²) in [6, 6.07) is 8.05. The van der Waals surface area contributed by atoms with Gasteiger partial charge < -0.3 is 15.1 Å². The van der Waals surface area contributed by atoms with Gasteiger partial charge in [0.25, 0.3) is 0 Å². The topological polar surface area (TPSA) is 78.7 Å². The number of aromatic nitrogens is 3. The van der Waals surface area contributed by atoms with Crippen molar-refractivity contribution in [2.75, 3.05) is 46.3 Å². The fourth-order valence-corrected chi connectivity index (χ4v) is 6.02. The van der Waals surface area contributed by atoms with Crippen LogP contribution in [0.1, 0.15) is 51.8 Å². The fourth-order valence-electron chi connectivity index (χ4n) is 4.88. The number of aryl methyl sites for hydroxylation is 2. The average molecular weight is 506 g/mol. The van der Waals surface area contributed by atoms with Crippen molar-refractivity contribution in [1.29, 1.82) is 0 Å². The Labute approximate surface area is 217 Å². The molecule has 0 radical (unpaired) electrons. The number of nitrogens with one attached hydrogen (secondary N) is 1. The fraction of sp³-hybridized carbons (Fsp3) is 0.481. The van der Waals surface area contributed by atoms with E-state index in [2.05, 4.69) is 77.4 Å². The number of fused-ring (bicyclic) bond motifs is 3. The molecule has 0 aliphatic carbocycles. The average Bonchev–Trinajstić information content (AvgIpc) is 3.43. The highest BCUT2D eigenvalue weighted by atomic mass is 32.1. The lowest BCUT2D eigenvalue weighted by Crippen LogP contribution is -2.45. The number of hydrogen-bond acceptors (Lipinski definition) is 7. The van der Waals surface area contributed by atoms with Crippen LogP contribution in [0.25, 0.3) is 5.00 Å². The molecule has 1 aromatic carbocycles. The zero-order valence-corrected chi connectivity index (χ0v) is 22.4. The van der Waals surface area contributed by atoms with Gasteiger partial charge in [0.1, 0.15) is 17.4 Å². The molecule has 1 saturated heterocycles. The van der Waals surface area contributed by atoms with E-state index >= 15 is 0 Å². The van der Waals surface area contributed by atoms with Crippen molar-refractivity contribution in [2.24, 2.45) is 4.99 Å². The van der Waals surface area contributed by atoms with Gasteiger partial charge in [0.15, 0.2) is 5.82 Å². The zero-order valence-electron chi connectivity index (χ0n) is 21.6. The maximum atomic E-state index is 13.0. The van der Waals surface area contributed by atoms with E-state index < -0.39 is 6.04 Å². The van der Waals surface area contributed by atoms with E-state index in [0.29, 0.717) is 12.4 Å². The molecule has 0 spiro atoms. The molecule has 0 bridgehead atoms. The molecule has 2 aliphatic heterocycles. The Morgan fingerprint density at radius 2 is 1.86 bits per heavy atom. The van der Waals surface area contributed by atoms with Gasteiger partial charge >= 0.3 is 0 Å². The Bertz CT molecular complexity index is 1250. The highest BCUT2D eigenvalue weighted by molar-refractivity contribution is 7.15. The summed E-state index contributed by atoms with van der Waals surface area (Å²) in [7, 11) is 2.17. The summed E-state index contributed by atoms with van der Waals surface area (Å²) in [6.45, 7) is 12.5. The van der Waals surface area contributed by atoms with Gasteiger partial charge in [-0.15, -0.1) is 21.5 Å². The van der Waals surface area contributed by atoms with Crippen molar-refractivity contribution < 1.29 is 4.79 Å². The molecule has 36 heavy (non-hydrogen) atoms. The van der Waals surface area contributed by atoms with Crippen LogP contribution in [0, 0.1) is 20.8 Å². The largest absolute Gasteiger partial charge is 0.356 e. The van der Waals surface area contributed by atoms with Crippen LogP contribution in [-0.2, 0) is 4.79 Å². The third-order valence-electron chi connectivity index (χ3n) is 7.25. The van der Waals surface area contributed by atoms with E-state index in [1.807, 2.05) is 4.57 Å². The van der Waals surface area contributed by atoms with Crippen LogP contribution in [0.5, 0.6) is 0 Å². The minimum absolute atomic E-state index is 0.00177. The molecule has 1 atom stereocenters. The second-order valence-electron chi connectivity index (χ2n) is 9.93. The summed E-state index contributed by atoms with van der Waals surface area (Å²) in [5.41, 5.74) is 5.50. The van der Waals surface area contributed by atoms with Crippen LogP contribution < -0.4 is 5.32 Å². The van der Waals surface area contributed by atoms with Gasteiger partial charge in [-0.25, -0.2) is 0 Å². The van der Waals surface area contributed by atoms with Crippen LogP contribution >= 0.6 is 11.3 Å². The Morgan fingerprint density at radius 1 is 1.11 bits per heavy atom. The summed E-state index contributed by atoms with van der Waals surface area (Å²) in [5, 5.41) is 12.8. The smallest absolute Gasteiger partial charge is 0.222 e. The summed E-state index contributed by atoms with van der Waals surface area (Å²) >= 11 is 1.72. The lowest BCUT2D eigenvalue weighted by atomic mass is 9.99. The number of aliphatic imine (C=N–C) groups is 1. The zero-order chi connectivity index (χ0) is 25.2. The van der Waals surface area contributed by atoms with Crippen LogP contribution in [0.3, 0.4) is 0 Å². The van der Waals surface area contributed by atoms with Gasteiger partial charge in [0, 0.05) is 48.7 Å². The predicted molar refractivity (Wildman–Crippen MR) is 144 cm³/mol. The molecule has 5 rings (SSSR count). The van der Waals surface area contributed by atoms with Gasteiger partial charge in [-0.3, -0.25) is 14.4 Å². The molecule has 1 amide bonds. The van der Waals surface area contributed by atoms with Gasteiger partial charge in [-0.1, -0.05) is 29.8 Å². The Hall–Kier alpha value is -2.88. The van der Waals surface area contributed by atoms with Crippen LogP contribution in [0.15, 0.2) is 35.6 Å². The Kier molecular flexibility index (Phi) is 7.32. The number of nitrogens with zero attached hydrogens (tertiary/aromatic N) is 6. The number of carbonyl (C=O) groups excluding carboxylic acids is 1. The highest BCUT2D eigenvalue weighted by Crippen LogP contribution is 2.38. The minimum Gasteiger partial charge on any atom is -0.356 e. The van der Waals surface area contributed by atoms with E-state index in [4.69, 9.17) is 4.99 Å². The third-order valence-corrected chi connectivity index (χ3v) is 8.46. The van der Waals surface area contributed by atoms with Gasteiger partial charge in [-0.05, 0) is 46.3 Å². The second-order valence-corrected chi connectivity index (χ2v) is 11.1. The van der Waals surface area contributed by atoms with Crippen molar-refractivity contribution in [3.8, 4) is 5.00 Å². The first-order chi connectivity index (χ1) is 17.4. The quantitative estimate of drug-likeness (QED) is 0.499. The number of thiophene rings is 1. The van der Waals surface area contributed by atoms with Crippen molar-refractivity contribution in [1.82, 2.24) is 29.9 Å². The number of piperazine rings is 1. The Balaban J connectivity index is 1.34. The summed E-state index contributed by atoms with van der Waals surface area (Å²) in [6.07, 6.45) is 2.94. The third kappa shape index (κ3) is 5.14. The predicted octanol–water partition coefficient (Wildman–Crippen LogP) is 3.29. The molecular formula is C27H35N7OS. The molecule has 3 aromatic rings. The first-order valence-corrected chi connectivity index (χ1v) is 13.6. The van der Waals surface area contributed by atoms with Crippen molar-refractivity contribution in [2.45, 2.75) is 39.7 Å². The molecule has 8 nitrogen and oxygen atoms in total. The standard InChI is InChI=1S/C27H35N7OS/c1-18-6-8-21(9-7-18)25-24-19(2)20(3)36-27(24)34-17-29-31-26(34)22(30-25)16-23(35)28-10-5-11-33-14-12-32(4)13-15-33/h6-9,17,22H,5,10-16H2,1-4H3,(H,28,35)/t22-/m0/s1. The molecule has 2 aliphatic rings. The van der Waals surface area contributed by atoms with Gasteiger partial charge in [0.2, 0.25) is 5.91 Å². The summed E-state index contributed by atoms with van der Waals surface area (Å²) < 4.78 is 2.02. The molecule has 0 unspecified atom stereocenters.